The number of halogens is 14. The molecule has 2 aromatic heterocycles. The zero-order valence-corrected chi connectivity index (χ0v) is 37.2. The van der Waals surface area contributed by atoms with Crippen molar-refractivity contribution in [3.05, 3.63) is 151 Å². The lowest BCUT2D eigenvalue weighted by Crippen LogP contribution is -2.49. The Morgan fingerprint density at radius 2 is 0.779 bits per heavy atom. The third-order valence-corrected chi connectivity index (χ3v) is 16.0. The summed E-state index contributed by atoms with van der Waals surface area (Å²) >= 11 is 2.41. The van der Waals surface area contributed by atoms with Gasteiger partial charge in [0.15, 0.2) is 78.2 Å². The van der Waals surface area contributed by atoms with Gasteiger partial charge in [0, 0.05) is 82.0 Å². The Kier molecular flexibility index (Phi) is 14.8. The number of sulfonamides is 2. The Labute approximate surface area is 384 Å². The standard InChI is InChI=1S/2C20H14F7N3O2S2/c21-11-5-10(6-12(22)8-11)7-13-9-33-20(28-13)29-1-3-30(4-2-29)34(31,32)19-17(26)15(24)14(23)16(25)18(19)27;21-12-2-1-10(8-13(12)22)7-11-9-33-20(28-11)29-3-5-30(6-4-29)34(31,32)19-17(26)15(24)14(23)16(25)18(19)27/h5-6,8-9H,1-4,7H2;1-2,8-9H,3-7H2. The van der Waals surface area contributed by atoms with Gasteiger partial charge in [-0.2, -0.15) is 8.61 Å². The molecule has 364 valence electrons. The molecule has 2 aliphatic heterocycles. The van der Waals surface area contributed by atoms with E-state index in [0.717, 1.165) is 18.2 Å². The van der Waals surface area contributed by atoms with E-state index in [4.69, 9.17) is 0 Å². The molecule has 0 unspecified atom stereocenters. The van der Waals surface area contributed by atoms with Crippen LogP contribution in [-0.4, -0.2) is 87.8 Å². The Bertz CT molecular complexity index is 3050. The van der Waals surface area contributed by atoms with Crippen molar-refractivity contribution in [2.24, 2.45) is 0 Å². The summed E-state index contributed by atoms with van der Waals surface area (Å²) in [7, 11) is -10.0. The Balaban J connectivity index is 0.000000201. The first-order valence-corrected chi connectivity index (χ1v) is 23.9. The second kappa shape index (κ2) is 19.9. The summed E-state index contributed by atoms with van der Waals surface area (Å²) in [5.41, 5.74) is 1.94. The van der Waals surface area contributed by atoms with Gasteiger partial charge in [0.2, 0.25) is 31.7 Å². The molecule has 0 spiro atoms. The van der Waals surface area contributed by atoms with Gasteiger partial charge in [-0.3, -0.25) is 0 Å². The molecule has 0 N–H and O–H groups in total. The maximum Gasteiger partial charge on any atom is 0.249 e. The molecule has 68 heavy (non-hydrogen) atoms. The average Bonchev–Trinajstić information content (AvgIpc) is 3.97. The van der Waals surface area contributed by atoms with Gasteiger partial charge < -0.3 is 9.80 Å². The number of anilines is 2. The van der Waals surface area contributed by atoms with E-state index in [9.17, 15) is 78.3 Å². The summed E-state index contributed by atoms with van der Waals surface area (Å²) in [5, 5.41) is 4.32. The highest BCUT2D eigenvalue weighted by Gasteiger charge is 2.40. The van der Waals surface area contributed by atoms with Crippen LogP contribution in [0.15, 0.2) is 56.9 Å². The normalized spacial score (nSPS) is 15.2. The molecule has 4 heterocycles. The molecule has 0 radical (unpaired) electrons. The molecule has 2 saturated heterocycles. The van der Waals surface area contributed by atoms with E-state index < -0.39 is 111 Å². The third kappa shape index (κ3) is 10.1. The fraction of sp³-hybridized carbons (Fsp3) is 0.250. The fourth-order valence-corrected chi connectivity index (χ4v) is 11.8. The van der Waals surface area contributed by atoms with Crippen LogP contribution < -0.4 is 9.80 Å². The zero-order chi connectivity index (χ0) is 49.6. The molecule has 0 amide bonds. The Morgan fingerprint density at radius 1 is 0.426 bits per heavy atom. The van der Waals surface area contributed by atoms with Crippen LogP contribution in [0.25, 0.3) is 0 Å². The fourth-order valence-electron chi connectivity index (χ4n) is 6.95. The van der Waals surface area contributed by atoms with Gasteiger partial charge in [0.05, 0.1) is 11.4 Å². The number of piperazine rings is 2. The molecular formula is C40H28F14N6O4S4. The van der Waals surface area contributed by atoms with Crippen molar-refractivity contribution < 1.29 is 78.3 Å². The van der Waals surface area contributed by atoms with E-state index in [1.807, 2.05) is 0 Å². The topological polar surface area (TPSA) is 107 Å². The number of hydrogen-bond donors (Lipinski definition) is 0. The van der Waals surface area contributed by atoms with Gasteiger partial charge in [-0.05, 0) is 35.4 Å². The molecule has 0 atom stereocenters. The van der Waals surface area contributed by atoms with Crippen molar-refractivity contribution in [3.63, 3.8) is 0 Å². The first-order chi connectivity index (χ1) is 32.0. The first-order valence-electron chi connectivity index (χ1n) is 19.3. The zero-order valence-electron chi connectivity index (χ0n) is 33.9. The lowest BCUT2D eigenvalue weighted by Gasteiger charge is -2.33. The maximum atomic E-state index is 14.0. The van der Waals surface area contributed by atoms with E-state index >= 15 is 0 Å². The molecule has 0 aliphatic carbocycles. The molecule has 2 fully saturated rings. The summed E-state index contributed by atoms with van der Waals surface area (Å²) in [6.45, 7) is -1.07. The highest BCUT2D eigenvalue weighted by molar-refractivity contribution is 7.89. The molecule has 0 bridgehead atoms. The lowest BCUT2D eigenvalue weighted by atomic mass is 10.1. The van der Waals surface area contributed by atoms with Crippen LogP contribution in [0, 0.1) is 81.4 Å². The van der Waals surface area contributed by atoms with Crippen LogP contribution in [0.5, 0.6) is 0 Å². The molecular weight excluding hydrogens is 1020 g/mol. The van der Waals surface area contributed by atoms with Crippen LogP contribution in [0.2, 0.25) is 0 Å². The molecule has 4 aromatic carbocycles. The largest absolute Gasteiger partial charge is 0.345 e. The molecule has 2 aliphatic rings. The van der Waals surface area contributed by atoms with E-state index in [2.05, 4.69) is 9.97 Å². The van der Waals surface area contributed by atoms with Crippen molar-refractivity contribution in [2.45, 2.75) is 22.6 Å². The van der Waals surface area contributed by atoms with Gasteiger partial charge in [0.1, 0.15) is 11.6 Å². The molecule has 8 rings (SSSR count). The minimum atomic E-state index is -5.01. The number of thiazole rings is 2. The van der Waals surface area contributed by atoms with Gasteiger partial charge in [-0.15, -0.1) is 22.7 Å². The summed E-state index contributed by atoms with van der Waals surface area (Å²) < 4.78 is 242. The van der Waals surface area contributed by atoms with Crippen molar-refractivity contribution >= 4 is 53.0 Å². The Hall–Kier alpha value is -5.42. The van der Waals surface area contributed by atoms with Gasteiger partial charge in [-0.1, -0.05) is 6.07 Å². The van der Waals surface area contributed by atoms with E-state index in [1.54, 1.807) is 20.6 Å². The van der Waals surface area contributed by atoms with E-state index in [0.29, 0.717) is 41.4 Å². The molecule has 10 nitrogen and oxygen atoms in total. The summed E-state index contributed by atoms with van der Waals surface area (Å²) in [6, 6.07) is 6.56. The predicted molar refractivity (Wildman–Crippen MR) is 217 cm³/mol. The highest BCUT2D eigenvalue weighted by Crippen LogP contribution is 2.33. The average molecular weight is 1050 g/mol. The monoisotopic (exact) mass is 1050 g/mol. The highest BCUT2D eigenvalue weighted by atomic mass is 32.2. The minimum absolute atomic E-state index is 0.0240. The number of benzene rings is 4. The summed E-state index contributed by atoms with van der Waals surface area (Å²) in [6.07, 6.45) is 0.377. The van der Waals surface area contributed by atoms with Crippen LogP contribution in [-0.2, 0) is 32.9 Å². The predicted octanol–water partition coefficient (Wildman–Crippen LogP) is 8.44. The van der Waals surface area contributed by atoms with Gasteiger partial charge >= 0.3 is 0 Å². The second-order valence-electron chi connectivity index (χ2n) is 14.7. The SMILES string of the molecule is O=S(=O)(c1c(F)c(F)c(F)c(F)c1F)N1CCN(c2nc(Cc3cc(F)cc(F)c3)cs2)CC1.O=S(=O)(c1c(F)c(F)c(F)c(F)c1F)N1CCN(c2nc(Cc3ccc(F)c(F)c3)cs2)CC1. The molecule has 0 saturated carbocycles. The van der Waals surface area contributed by atoms with E-state index in [-0.39, 0.29) is 65.2 Å². The van der Waals surface area contributed by atoms with E-state index in [1.165, 1.54) is 40.9 Å². The van der Waals surface area contributed by atoms with Crippen LogP contribution in [0.4, 0.5) is 71.7 Å². The van der Waals surface area contributed by atoms with Crippen molar-refractivity contribution in [3.8, 4) is 0 Å². The first kappa shape index (κ1) is 50.5. The number of rotatable bonds is 10. The summed E-state index contributed by atoms with van der Waals surface area (Å²) in [5.74, 6) is -27.3. The minimum Gasteiger partial charge on any atom is -0.345 e. The van der Waals surface area contributed by atoms with Crippen LogP contribution in [0.1, 0.15) is 22.5 Å². The lowest BCUT2D eigenvalue weighted by molar-refractivity contribution is 0.344. The summed E-state index contributed by atoms with van der Waals surface area (Å²) in [4.78, 5) is 8.33. The van der Waals surface area contributed by atoms with Crippen molar-refractivity contribution in [1.29, 1.82) is 0 Å². The Morgan fingerprint density at radius 3 is 1.15 bits per heavy atom. The van der Waals surface area contributed by atoms with Crippen molar-refractivity contribution in [2.75, 3.05) is 62.2 Å². The van der Waals surface area contributed by atoms with Gasteiger partial charge in [-0.25, -0.2) is 88.3 Å². The third-order valence-electron chi connectivity index (χ3n) is 10.3. The van der Waals surface area contributed by atoms with Crippen LogP contribution >= 0.6 is 22.7 Å². The molecule has 6 aromatic rings. The molecule has 28 heteroatoms. The van der Waals surface area contributed by atoms with Gasteiger partial charge in [0.25, 0.3) is 0 Å². The van der Waals surface area contributed by atoms with Crippen LogP contribution in [0.3, 0.4) is 0 Å². The smallest absolute Gasteiger partial charge is 0.249 e. The van der Waals surface area contributed by atoms with Crippen molar-refractivity contribution in [1.82, 2.24) is 18.6 Å². The quantitative estimate of drug-likeness (QED) is 0.0766. The number of aromatic nitrogens is 2. The number of nitrogens with zero attached hydrogens (tertiary/aromatic N) is 6. The second-order valence-corrected chi connectivity index (χ2v) is 20.1. The maximum absolute atomic E-state index is 14.0. The number of hydrogen-bond acceptors (Lipinski definition) is 10.